The van der Waals surface area contributed by atoms with E-state index in [1.54, 1.807) is 11.1 Å². The number of amides is 1. The van der Waals surface area contributed by atoms with Gasteiger partial charge in [0.05, 0.1) is 13.2 Å². The van der Waals surface area contributed by atoms with Crippen molar-refractivity contribution in [1.29, 1.82) is 0 Å². The van der Waals surface area contributed by atoms with Crippen LogP contribution in [0, 0.1) is 0 Å². The molecular formula is C18H24N4O2. The van der Waals surface area contributed by atoms with Crippen LogP contribution < -0.4 is 0 Å². The first-order valence-electron chi connectivity index (χ1n) is 8.32. The van der Waals surface area contributed by atoms with Crippen LogP contribution in [0.1, 0.15) is 5.56 Å². The predicted octanol–water partition coefficient (Wildman–Crippen LogP) is 1.24. The topological polar surface area (TPSA) is 50.6 Å². The van der Waals surface area contributed by atoms with Gasteiger partial charge in [0.15, 0.2) is 0 Å². The molecule has 0 N–H and O–H groups in total. The van der Waals surface area contributed by atoms with Crippen molar-refractivity contribution in [3.63, 3.8) is 0 Å². The standard InChI is InChI=1S/C18H24N4O2/c1-20(10-11-22-9-5-8-19-22)18(23)17-15-21(12-13-24-17)14-16-6-3-2-4-7-16/h2-9,17H,10-15H2,1H3. The molecule has 2 aromatic rings. The zero-order valence-corrected chi connectivity index (χ0v) is 14.0. The fourth-order valence-corrected chi connectivity index (χ4v) is 2.88. The van der Waals surface area contributed by atoms with Crippen LogP contribution in [0.4, 0.5) is 0 Å². The third kappa shape index (κ3) is 4.43. The second kappa shape index (κ2) is 8.08. The lowest BCUT2D eigenvalue weighted by Gasteiger charge is -2.34. The Balaban J connectivity index is 1.50. The summed E-state index contributed by atoms with van der Waals surface area (Å²) in [5.74, 6) is 0.0416. The van der Waals surface area contributed by atoms with Crippen molar-refractivity contribution in [2.45, 2.75) is 19.2 Å². The summed E-state index contributed by atoms with van der Waals surface area (Å²) in [5.41, 5.74) is 1.26. The minimum Gasteiger partial charge on any atom is -0.366 e. The SMILES string of the molecule is CN(CCn1cccn1)C(=O)C1CN(Cc2ccccc2)CCO1. The van der Waals surface area contributed by atoms with E-state index in [4.69, 9.17) is 4.74 Å². The first-order valence-corrected chi connectivity index (χ1v) is 8.32. The molecule has 128 valence electrons. The zero-order valence-electron chi connectivity index (χ0n) is 14.0. The summed E-state index contributed by atoms with van der Waals surface area (Å²) >= 11 is 0. The number of carbonyl (C=O) groups excluding carboxylic acids is 1. The lowest BCUT2D eigenvalue weighted by molar-refractivity contribution is -0.148. The molecule has 1 amide bonds. The Morgan fingerprint density at radius 1 is 1.33 bits per heavy atom. The minimum absolute atomic E-state index is 0.0416. The van der Waals surface area contributed by atoms with Crippen LogP contribution in [0.5, 0.6) is 0 Å². The number of aromatic nitrogens is 2. The van der Waals surface area contributed by atoms with Crippen molar-refractivity contribution < 1.29 is 9.53 Å². The number of morpholine rings is 1. The highest BCUT2D eigenvalue weighted by Gasteiger charge is 2.28. The van der Waals surface area contributed by atoms with Gasteiger partial charge in [-0.15, -0.1) is 0 Å². The maximum Gasteiger partial charge on any atom is 0.252 e. The molecule has 3 rings (SSSR count). The van der Waals surface area contributed by atoms with E-state index < -0.39 is 0 Å². The molecule has 0 saturated carbocycles. The van der Waals surface area contributed by atoms with Gasteiger partial charge in [-0.1, -0.05) is 30.3 Å². The van der Waals surface area contributed by atoms with Crippen molar-refractivity contribution in [3.05, 3.63) is 54.4 Å². The molecule has 0 bridgehead atoms. The number of carbonyl (C=O) groups is 1. The van der Waals surface area contributed by atoms with Gasteiger partial charge >= 0.3 is 0 Å². The molecule has 1 atom stereocenters. The molecule has 6 nitrogen and oxygen atoms in total. The number of nitrogens with zero attached hydrogens (tertiary/aromatic N) is 4. The van der Waals surface area contributed by atoms with Gasteiger partial charge in [0.1, 0.15) is 6.10 Å². The van der Waals surface area contributed by atoms with E-state index in [-0.39, 0.29) is 12.0 Å². The van der Waals surface area contributed by atoms with Crippen LogP contribution in [-0.2, 0) is 22.6 Å². The molecule has 0 spiro atoms. The van der Waals surface area contributed by atoms with E-state index in [0.717, 1.165) is 13.1 Å². The highest BCUT2D eigenvalue weighted by Crippen LogP contribution is 2.12. The highest BCUT2D eigenvalue weighted by atomic mass is 16.5. The quantitative estimate of drug-likeness (QED) is 0.801. The van der Waals surface area contributed by atoms with E-state index in [2.05, 4.69) is 22.1 Å². The van der Waals surface area contributed by atoms with Gasteiger partial charge in [-0.3, -0.25) is 14.4 Å². The summed E-state index contributed by atoms with van der Waals surface area (Å²) in [4.78, 5) is 16.6. The maximum atomic E-state index is 12.6. The molecule has 6 heteroatoms. The number of likely N-dealkylation sites (N-methyl/N-ethyl adjacent to an activating group) is 1. The van der Waals surface area contributed by atoms with Gasteiger partial charge in [-0.25, -0.2) is 0 Å². The van der Waals surface area contributed by atoms with E-state index >= 15 is 0 Å². The summed E-state index contributed by atoms with van der Waals surface area (Å²) in [6.45, 7) is 4.26. The maximum absolute atomic E-state index is 12.6. The lowest BCUT2D eigenvalue weighted by Crippen LogP contribution is -2.50. The van der Waals surface area contributed by atoms with Gasteiger partial charge in [0.2, 0.25) is 0 Å². The number of hydrogen-bond acceptors (Lipinski definition) is 4. The van der Waals surface area contributed by atoms with Crippen LogP contribution in [0.25, 0.3) is 0 Å². The summed E-state index contributed by atoms with van der Waals surface area (Å²) < 4.78 is 7.54. The minimum atomic E-state index is -0.384. The number of hydrogen-bond donors (Lipinski definition) is 0. The van der Waals surface area contributed by atoms with E-state index in [0.29, 0.717) is 26.2 Å². The molecule has 1 unspecified atom stereocenters. The number of benzene rings is 1. The van der Waals surface area contributed by atoms with E-state index in [1.165, 1.54) is 5.56 Å². The molecular weight excluding hydrogens is 304 g/mol. The van der Waals surface area contributed by atoms with Crippen LogP contribution >= 0.6 is 0 Å². The average molecular weight is 328 g/mol. The Hall–Kier alpha value is -2.18. The molecule has 1 aliphatic heterocycles. The second-order valence-electron chi connectivity index (χ2n) is 6.11. The Morgan fingerprint density at radius 2 is 2.17 bits per heavy atom. The molecule has 0 aliphatic carbocycles. The largest absolute Gasteiger partial charge is 0.366 e. The third-order valence-electron chi connectivity index (χ3n) is 4.27. The van der Waals surface area contributed by atoms with Crippen LogP contribution in [0.15, 0.2) is 48.8 Å². The molecule has 1 saturated heterocycles. The first-order chi connectivity index (χ1) is 11.7. The van der Waals surface area contributed by atoms with Gasteiger partial charge in [-0.2, -0.15) is 5.10 Å². The Kier molecular flexibility index (Phi) is 5.61. The van der Waals surface area contributed by atoms with Crippen molar-refractivity contribution >= 4 is 5.91 Å². The Morgan fingerprint density at radius 3 is 2.92 bits per heavy atom. The van der Waals surface area contributed by atoms with Crippen molar-refractivity contribution in [1.82, 2.24) is 19.6 Å². The van der Waals surface area contributed by atoms with Crippen molar-refractivity contribution in [2.75, 3.05) is 33.3 Å². The summed E-state index contributed by atoms with van der Waals surface area (Å²) in [6, 6.07) is 12.2. The number of ether oxygens (including phenoxy) is 1. The molecule has 2 heterocycles. The summed E-state index contributed by atoms with van der Waals surface area (Å²) in [6.07, 6.45) is 3.26. The molecule has 1 aromatic heterocycles. The van der Waals surface area contributed by atoms with Crippen LogP contribution in [-0.4, -0.2) is 64.9 Å². The molecule has 1 aliphatic rings. The normalized spacial score (nSPS) is 18.5. The smallest absolute Gasteiger partial charge is 0.252 e. The Bertz CT molecular complexity index is 630. The first kappa shape index (κ1) is 16.7. The monoisotopic (exact) mass is 328 g/mol. The number of rotatable bonds is 6. The predicted molar refractivity (Wildman–Crippen MR) is 91.3 cm³/mol. The average Bonchev–Trinajstić information content (AvgIpc) is 3.14. The Labute approximate surface area is 142 Å². The highest BCUT2D eigenvalue weighted by molar-refractivity contribution is 5.81. The fourth-order valence-electron chi connectivity index (χ4n) is 2.88. The molecule has 1 aromatic carbocycles. The molecule has 1 fully saturated rings. The van der Waals surface area contributed by atoms with Gasteiger partial charge in [0.25, 0.3) is 5.91 Å². The van der Waals surface area contributed by atoms with Crippen LogP contribution in [0.3, 0.4) is 0 Å². The van der Waals surface area contributed by atoms with Crippen molar-refractivity contribution in [3.8, 4) is 0 Å². The van der Waals surface area contributed by atoms with Gasteiger partial charge < -0.3 is 9.64 Å². The molecule has 24 heavy (non-hydrogen) atoms. The van der Waals surface area contributed by atoms with Gasteiger partial charge in [-0.05, 0) is 11.6 Å². The zero-order chi connectivity index (χ0) is 16.8. The van der Waals surface area contributed by atoms with E-state index in [1.807, 2.05) is 42.2 Å². The van der Waals surface area contributed by atoms with E-state index in [9.17, 15) is 4.79 Å². The van der Waals surface area contributed by atoms with Crippen molar-refractivity contribution in [2.24, 2.45) is 0 Å². The molecule has 0 radical (unpaired) electrons. The summed E-state index contributed by atoms with van der Waals surface area (Å²) in [7, 11) is 1.82. The fraction of sp³-hybridized carbons (Fsp3) is 0.444. The second-order valence-corrected chi connectivity index (χ2v) is 6.11. The summed E-state index contributed by atoms with van der Waals surface area (Å²) in [5, 5.41) is 4.16. The van der Waals surface area contributed by atoms with Gasteiger partial charge in [0, 0.05) is 45.6 Å². The van der Waals surface area contributed by atoms with Crippen LogP contribution in [0.2, 0.25) is 0 Å². The lowest BCUT2D eigenvalue weighted by atomic mass is 10.2. The third-order valence-corrected chi connectivity index (χ3v) is 4.27.